The average molecular weight is 368 g/mol. The van der Waals surface area contributed by atoms with E-state index in [1.165, 1.54) is 0 Å². The van der Waals surface area contributed by atoms with Crippen molar-refractivity contribution in [1.82, 2.24) is 10.2 Å². The minimum atomic E-state index is -2.89. The van der Waals surface area contributed by atoms with Crippen LogP contribution in [0.5, 0.6) is 5.75 Å². The van der Waals surface area contributed by atoms with E-state index in [0.29, 0.717) is 25.9 Å². The summed E-state index contributed by atoms with van der Waals surface area (Å²) >= 11 is 0. The van der Waals surface area contributed by atoms with Crippen molar-refractivity contribution in [3.8, 4) is 5.75 Å². The van der Waals surface area contributed by atoms with Gasteiger partial charge in [-0.3, -0.25) is 9.69 Å². The van der Waals surface area contributed by atoms with Gasteiger partial charge in [-0.05, 0) is 37.1 Å². The van der Waals surface area contributed by atoms with Crippen LogP contribution in [0.1, 0.15) is 25.3 Å². The molecule has 7 heteroatoms. The first-order valence-electron chi connectivity index (χ1n) is 8.77. The van der Waals surface area contributed by atoms with E-state index in [4.69, 9.17) is 4.74 Å². The lowest BCUT2D eigenvalue weighted by Gasteiger charge is -2.26. The van der Waals surface area contributed by atoms with Gasteiger partial charge in [-0.1, -0.05) is 19.1 Å². The first-order chi connectivity index (χ1) is 11.9. The summed E-state index contributed by atoms with van der Waals surface area (Å²) in [5.41, 5.74) is 1.15. The van der Waals surface area contributed by atoms with E-state index in [2.05, 4.69) is 10.2 Å². The molecule has 1 aliphatic rings. The van der Waals surface area contributed by atoms with Gasteiger partial charge in [0.1, 0.15) is 5.75 Å². The van der Waals surface area contributed by atoms with Crippen molar-refractivity contribution in [1.29, 1.82) is 0 Å². The molecule has 1 atom stereocenters. The summed E-state index contributed by atoms with van der Waals surface area (Å²) in [6.07, 6.45) is 1.84. The van der Waals surface area contributed by atoms with Gasteiger partial charge < -0.3 is 10.1 Å². The maximum Gasteiger partial charge on any atom is 0.221 e. The third kappa shape index (κ3) is 6.32. The number of carbonyl (C=O) groups excluding carboxylic acids is 1. The number of ether oxygens (including phenoxy) is 1. The number of hydrogen-bond donors (Lipinski definition) is 1. The number of rotatable bonds is 9. The van der Waals surface area contributed by atoms with Crippen LogP contribution in [0, 0.1) is 0 Å². The Morgan fingerprint density at radius 3 is 2.60 bits per heavy atom. The van der Waals surface area contributed by atoms with Crippen molar-refractivity contribution in [2.24, 2.45) is 0 Å². The molecule has 1 saturated heterocycles. The Bertz CT molecular complexity index is 658. The highest BCUT2D eigenvalue weighted by Gasteiger charge is 2.31. The summed E-state index contributed by atoms with van der Waals surface area (Å²) in [5, 5.41) is 2.93. The number of methoxy groups -OCH3 is 1. The monoisotopic (exact) mass is 368 g/mol. The molecular weight excluding hydrogens is 340 g/mol. The molecule has 1 aromatic rings. The van der Waals surface area contributed by atoms with Crippen LogP contribution in [0.4, 0.5) is 0 Å². The smallest absolute Gasteiger partial charge is 0.221 e. The van der Waals surface area contributed by atoms with Crippen molar-refractivity contribution in [3.63, 3.8) is 0 Å². The van der Waals surface area contributed by atoms with Crippen molar-refractivity contribution in [2.75, 3.05) is 38.2 Å². The van der Waals surface area contributed by atoms with E-state index in [-0.39, 0.29) is 23.5 Å². The molecule has 0 spiro atoms. The number of nitrogens with zero attached hydrogens (tertiary/aromatic N) is 1. The van der Waals surface area contributed by atoms with Gasteiger partial charge in [-0.2, -0.15) is 0 Å². The summed E-state index contributed by atoms with van der Waals surface area (Å²) in [4.78, 5) is 14.1. The van der Waals surface area contributed by atoms with Gasteiger partial charge in [0.2, 0.25) is 5.91 Å². The van der Waals surface area contributed by atoms with Gasteiger partial charge in [0, 0.05) is 25.6 Å². The molecule has 0 aliphatic carbocycles. The second-order valence-electron chi connectivity index (χ2n) is 6.38. The molecule has 6 nitrogen and oxygen atoms in total. The zero-order valence-electron chi connectivity index (χ0n) is 15.0. The first kappa shape index (κ1) is 19.7. The van der Waals surface area contributed by atoms with Crippen LogP contribution < -0.4 is 10.1 Å². The fourth-order valence-corrected chi connectivity index (χ4v) is 4.90. The van der Waals surface area contributed by atoms with Gasteiger partial charge in [-0.15, -0.1) is 0 Å². The molecule has 2 rings (SSSR count). The normalized spacial score (nSPS) is 19.1. The molecule has 0 radical (unpaired) electrons. The van der Waals surface area contributed by atoms with Crippen LogP contribution in [-0.4, -0.2) is 63.5 Å². The minimum absolute atomic E-state index is 0.00724. The van der Waals surface area contributed by atoms with Gasteiger partial charge in [-0.25, -0.2) is 8.42 Å². The van der Waals surface area contributed by atoms with Gasteiger partial charge >= 0.3 is 0 Å². The quantitative estimate of drug-likeness (QED) is 0.710. The maximum atomic E-state index is 12.0. The molecule has 25 heavy (non-hydrogen) atoms. The van der Waals surface area contributed by atoms with E-state index in [0.717, 1.165) is 24.3 Å². The topological polar surface area (TPSA) is 75.7 Å². The summed E-state index contributed by atoms with van der Waals surface area (Å²) in [7, 11) is -1.26. The molecule has 1 aliphatic heterocycles. The van der Waals surface area contributed by atoms with Crippen LogP contribution in [0.15, 0.2) is 24.3 Å². The lowest BCUT2D eigenvalue weighted by Crippen LogP contribution is -2.39. The van der Waals surface area contributed by atoms with Crippen LogP contribution in [-0.2, 0) is 21.1 Å². The third-order valence-electron chi connectivity index (χ3n) is 4.65. The number of benzene rings is 1. The lowest BCUT2D eigenvalue weighted by atomic mass is 10.1. The highest BCUT2D eigenvalue weighted by atomic mass is 32.2. The minimum Gasteiger partial charge on any atom is -0.497 e. The number of nitrogens with one attached hydrogen (secondary N) is 1. The van der Waals surface area contributed by atoms with Crippen molar-refractivity contribution >= 4 is 15.7 Å². The molecule has 1 aromatic carbocycles. The largest absolute Gasteiger partial charge is 0.497 e. The average Bonchev–Trinajstić information content (AvgIpc) is 2.96. The molecular formula is C18H28N2O4S. The van der Waals surface area contributed by atoms with E-state index < -0.39 is 9.84 Å². The predicted octanol–water partition coefficient (Wildman–Crippen LogP) is 1.25. The number of carbonyl (C=O) groups is 1. The van der Waals surface area contributed by atoms with Crippen LogP contribution in [0.25, 0.3) is 0 Å². The van der Waals surface area contributed by atoms with E-state index in [1.807, 2.05) is 31.2 Å². The Morgan fingerprint density at radius 1 is 1.32 bits per heavy atom. The first-order valence-corrected chi connectivity index (χ1v) is 10.6. The zero-order chi connectivity index (χ0) is 18.3. The van der Waals surface area contributed by atoms with Crippen molar-refractivity contribution < 1.29 is 17.9 Å². The molecule has 0 saturated carbocycles. The Kier molecular flexibility index (Phi) is 7.25. The van der Waals surface area contributed by atoms with Crippen molar-refractivity contribution in [3.05, 3.63) is 29.8 Å². The lowest BCUT2D eigenvalue weighted by molar-refractivity contribution is -0.121. The second-order valence-corrected chi connectivity index (χ2v) is 8.61. The fraction of sp³-hybridized carbons (Fsp3) is 0.611. The Labute approximate surface area is 150 Å². The molecule has 1 N–H and O–H groups in total. The molecule has 1 heterocycles. The molecule has 0 bridgehead atoms. The standard InChI is InChI=1S/C18H28N2O4S/c1-3-20(16-10-13-25(22,23)14-16)12-9-18(21)19-11-8-15-4-6-17(24-2)7-5-15/h4-7,16H,3,8-14H2,1-2H3,(H,19,21). The second kappa shape index (κ2) is 9.20. The molecule has 0 aromatic heterocycles. The highest BCUT2D eigenvalue weighted by Crippen LogP contribution is 2.17. The Balaban J connectivity index is 1.68. The number of hydrogen-bond acceptors (Lipinski definition) is 5. The van der Waals surface area contributed by atoms with Crippen molar-refractivity contribution in [2.45, 2.75) is 32.2 Å². The Hall–Kier alpha value is -1.60. The van der Waals surface area contributed by atoms with E-state index in [9.17, 15) is 13.2 Å². The van der Waals surface area contributed by atoms with Crippen LogP contribution >= 0.6 is 0 Å². The number of amides is 1. The molecule has 1 amide bonds. The summed E-state index contributed by atoms with van der Waals surface area (Å²) < 4.78 is 28.3. The highest BCUT2D eigenvalue weighted by molar-refractivity contribution is 7.91. The summed E-state index contributed by atoms with van der Waals surface area (Å²) in [6.45, 7) is 3.96. The van der Waals surface area contributed by atoms with E-state index in [1.54, 1.807) is 7.11 Å². The van der Waals surface area contributed by atoms with E-state index >= 15 is 0 Å². The van der Waals surface area contributed by atoms with Crippen LogP contribution in [0.2, 0.25) is 0 Å². The zero-order valence-corrected chi connectivity index (χ0v) is 15.8. The van der Waals surface area contributed by atoms with Crippen LogP contribution in [0.3, 0.4) is 0 Å². The van der Waals surface area contributed by atoms with Gasteiger partial charge in [0.05, 0.1) is 18.6 Å². The van der Waals surface area contributed by atoms with Gasteiger partial charge in [0.15, 0.2) is 9.84 Å². The fourth-order valence-electron chi connectivity index (χ4n) is 3.13. The summed E-state index contributed by atoms with van der Waals surface area (Å²) in [6, 6.07) is 7.86. The summed E-state index contributed by atoms with van der Waals surface area (Å²) in [5.74, 6) is 1.32. The molecule has 140 valence electrons. The Morgan fingerprint density at radius 2 is 2.04 bits per heavy atom. The maximum absolute atomic E-state index is 12.0. The third-order valence-corrected chi connectivity index (χ3v) is 6.40. The molecule has 1 fully saturated rings. The predicted molar refractivity (Wildman–Crippen MR) is 98.6 cm³/mol. The number of sulfone groups is 1. The van der Waals surface area contributed by atoms with Gasteiger partial charge in [0.25, 0.3) is 0 Å². The SMILES string of the molecule is CCN(CCC(=O)NCCc1ccc(OC)cc1)C1CCS(=O)(=O)C1. The molecule has 1 unspecified atom stereocenters.